The molecule has 1 saturated heterocycles. The van der Waals surface area contributed by atoms with Crippen LogP contribution in [0.3, 0.4) is 0 Å². The first-order valence-corrected chi connectivity index (χ1v) is 10.7. The summed E-state index contributed by atoms with van der Waals surface area (Å²) in [5.74, 6) is -1.11. The van der Waals surface area contributed by atoms with E-state index in [4.69, 9.17) is 14.3 Å². The Morgan fingerprint density at radius 3 is 2.27 bits per heavy atom. The van der Waals surface area contributed by atoms with E-state index in [-0.39, 0.29) is 24.8 Å². The van der Waals surface area contributed by atoms with Gasteiger partial charge in [0.05, 0.1) is 6.54 Å². The van der Waals surface area contributed by atoms with Gasteiger partial charge in [-0.15, -0.1) is 0 Å². The summed E-state index contributed by atoms with van der Waals surface area (Å²) in [6.07, 6.45) is -0.160. The molecule has 0 radical (unpaired) electrons. The molecule has 33 heavy (non-hydrogen) atoms. The molecule has 2 heterocycles. The zero-order valence-electron chi connectivity index (χ0n) is 17.7. The molecule has 0 bridgehead atoms. The van der Waals surface area contributed by atoms with Crippen LogP contribution < -0.4 is 5.32 Å². The second-order valence-electron chi connectivity index (χ2n) is 8.09. The minimum absolute atomic E-state index is 0.0327. The number of rotatable bonds is 6. The molecule has 2 aromatic carbocycles. The van der Waals surface area contributed by atoms with Gasteiger partial charge in [-0.1, -0.05) is 48.5 Å². The number of likely N-dealkylation sites (tertiary alicyclic amines) is 1. The number of benzene rings is 2. The maximum absolute atomic E-state index is 12.4. The summed E-state index contributed by atoms with van der Waals surface area (Å²) in [6, 6.07) is 18.4. The highest BCUT2D eigenvalue weighted by Gasteiger charge is 2.39. The molecular weight excluding hydrogens is 424 g/mol. The SMILES string of the molecule is O=C(NCc1ccc(C(=O)N2CCC2C(=O)O)o1)OCC1c2ccccc2-c2ccccc21. The van der Waals surface area contributed by atoms with Gasteiger partial charge in [-0.25, -0.2) is 9.59 Å². The van der Waals surface area contributed by atoms with Crippen molar-refractivity contribution in [3.05, 3.63) is 83.3 Å². The molecular formula is C25H22N2O6. The highest BCUT2D eigenvalue weighted by atomic mass is 16.5. The van der Waals surface area contributed by atoms with Gasteiger partial charge in [-0.05, 0) is 40.8 Å². The lowest BCUT2D eigenvalue weighted by atomic mass is 9.98. The standard InChI is InChI=1S/C25H22N2O6/c28-23(27-12-11-21(27)24(29)30)22-10-9-15(33-22)13-26-25(31)32-14-20-18-7-3-1-5-16(18)17-6-2-4-8-19(17)20/h1-10,20-21H,11-14H2,(H,26,31)(H,29,30). The van der Waals surface area contributed by atoms with Gasteiger partial charge in [0.25, 0.3) is 5.91 Å². The predicted octanol–water partition coefficient (Wildman–Crippen LogP) is 3.62. The fraction of sp³-hybridized carbons (Fsp3) is 0.240. The molecule has 5 rings (SSSR count). The van der Waals surface area contributed by atoms with Crippen LogP contribution in [0.2, 0.25) is 0 Å². The molecule has 1 atom stereocenters. The molecule has 1 aliphatic heterocycles. The zero-order chi connectivity index (χ0) is 22.9. The third-order valence-electron chi connectivity index (χ3n) is 6.19. The number of nitrogens with zero attached hydrogens (tertiary/aromatic N) is 1. The van der Waals surface area contributed by atoms with Crippen LogP contribution in [0, 0.1) is 0 Å². The summed E-state index contributed by atoms with van der Waals surface area (Å²) < 4.78 is 11.0. The maximum Gasteiger partial charge on any atom is 0.407 e. The van der Waals surface area contributed by atoms with Gasteiger partial charge in [0.1, 0.15) is 18.4 Å². The number of furan rings is 1. The molecule has 2 N–H and O–H groups in total. The second-order valence-corrected chi connectivity index (χ2v) is 8.09. The van der Waals surface area contributed by atoms with Crippen molar-refractivity contribution in [3.63, 3.8) is 0 Å². The summed E-state index contributed by atoms with van der Waals surface area (Å²) in [5.41, 5.74) is 4.57. The van der Waals surface area contributed by atoms with Crippen molar-refractivity contribution in [1.82, 2.24) is 10.2 Å². The normalized spacial score (nSPS) is 16.5. The number of alkyl carbamates (subject to hydrolysis) is 1. The fourth-order valence-corrected chi connectivity index (χ4v) is 4.43. The average molecular weight is 446 g/mol. The molecule has 1 aromatic heterocycles. The van der Waals surface area contributed by atoms with Crippen molar-refractivity contribution in [3.8, 4) is 11.1 Å². The van der Waals surface area contributed by atoms with Crippen LogP contribution in [-0.4, -0.2) is 47.2 Å². The van der Waals surface area contributed by atoms with Gasteiger partial charge in [0, 0.05) is 12.5 Å². The number of hydrogen-bond donors (Lipinski definition) is 2. The van der Waals surface area contributed by atoms with Crippen molar-refractivity contribution < 1.29 is 28.6 Å². The molecule has 1 unspecified atom stereocenters. The first-order valence-electron chi connectivity index (χ1n) is 10.7. The van der Waals surface area contributed by atoms with Crippen molar-refractivity contribution in [1.29, 1.82) is 0 Å². The van der Waals surface area contributed by atoms with Crippen molar-refractivity contribution in [2.75, 3.05) is 13.2 Å². The summed E-state index contributed by atoms with van der Waals surface area (Å²) in [6.45, 7) is 0.628. The molecule has 8 nitrogen and oxygen atoms in total. The van der Waals surface area contributed by atoms with Crippen LogP contribution >= 0.6 is 0 Å². The number of fused-ring (bicyclic) bond motifs is 3. The van der Waals surface area contributed by atoms with Crippen LogP contribution in [0.1, 0.15) is 39.8 Å². The quantitative estimate of drug-likeness (QED) is 0.599. The summed E-state index contributed by atoms with van der Waals surface area (Å²) >= 11 is 0. The van der Waals surface area contributed by atoms with E-state index in [2.05, 4.69) is 29.6 Å². The fourth-order valence-electron chi connectivity index (χ4n) is 4.43. The summed E-state index contributed by atoms with van der Waals surface area (Å²) in [4.78, 5) is 37.1. The first kappa shape index (κ1) is 20.8. The number of carboxylic acids is 1. The van der Waals surface area contributed by atoms with Crippen LogP contribution in [0.4, 0.5) is 4.79 Å². The third kappa shape index (κ3) is 3.84. The van der Waals surface area contributed by atoms with E-state index in [1.165, 1.54) is 11.0 Å². The molecule has 8 heteroatoms. The zero-order valence-corrected chi connectivity index (χ0v) is 17.7. The van der Waals surface area contributed by atoms with Crippen molar-refractivity contribution in [2.45, 2.75) is 24.9 Å². The Balaban J connectivity index is 1.16. The topological polar surface area (TPSA) is 109 Å². The second kappa shape index (κ2) is 8.46. The van der Waals surface area contributed by atoms with Crippen LogP contribution in [-0.2, 0) is 16.1 Å². The number of nitrogens with one attached hydrogen (secondary N) is 1. The molecule has 168 valence electrons. The number of aliphatic carboxylic acids is 1. The largest absolute Gasteiger partial charge is 0.480 e. The van der Waals surface area contributed by atoms with E-state index in [0.29, 0.717) is 18.7 Å². The van der Waals surface area contributed by atoms with Crippen LogP contribution in [0.25, 0.3) is 11.1 Å². The lowest BCUT2D eigenvalue weighted by Crippen LogP contribution is -2.55. The highest BCUT2D eigenvalue weighted by molar-refractivity contribution is 5.95. The molecule has 2 amide bonds. The Bertz CT molecular complexity index is 1190. The number of carbonyl (C=O) groups excluding carboxylic acids is 2. The van der Waals surface area contributed by atoms with Gasteiger partial charge < -0.3 is 24.5 Å². The molecule has 2 aliphatic rings. The lowest BCUT2D eigenvalue weighted by molar-refractivity contribution is -0.146. The van der Waals surface area contributed by atoms with Gasteiger partial charge in [-0.2, -0.15) is 0 Å². The Hall–Kier alpha value is -4.07. The van der Waals surface area contributed by atoms with E-state index in [1.54, 1.807) is 6.07 Å². The summed E-state index contributed by atoms with van der Waals surface area (Å²) in [7, 11) is 0. The molecule has 1 fully saturated rings. The molecule has 3 aromatic rings. The van der Waals surface area contributed by atoms with Gasteiger partial charge in [-0.3, -0.25) is 4.79 Å². The van der Waals surface area contributed by atoms with E-state index in [9.17, 15) is 14.4 Å². The van der Waals surface area contributed by atoms with Gasteiger partial charge in [0.15, 0.2) is 5.76 Å². The van der Waals surface area contributed by atoms with E-state index in [1.807, 2.05) is 24.3 Å². The van der Waals surface area contributed by atoms with Crippen molar-refractivity contribution in [2.24, 2.45) is 0 Å². The first-order chi connectivity index (χ1) is 16.0. The number of hydrogen-bond acceptors (Lipinski definition) is 5. The Morgan fingerprint density at radius 2 is 1.67 bits per heavy atom. The Kier molecular flexibility index (Phi) is 5.34. The highest BCUT2D eigenvalue weighted by Crippen LogP contribution is 2.44. The average Bonchev–Trinajstić information content (AvgIpc) is 3.38. The number of carbonyl (C=O) groups is 3. The van der Waals surface area contributed by atoms with Crippen LogP contribution in [0.5, 0.6) is 0 Å². The molecule has 0 spiro atoms. The molecule has 1 aliphatic carbocycles. The predicted molar refractivity (Wildman–Crippen MR) is 118 cm³/mol. The van der Waals surface area contributed by atoms with Gasteiger partial charge in [0.2, 0.25) is 0 Å². The van der Waals surface area contributed by atoms with E-state index >= 15 is 0 Å². The number of carboxylic acid groups (broad SMARTS) is 1. The number of ether oxygens (including phenoxy) is 1. The number of amides is 2. The lowest BCUT2D eigenvalue weighted by Gasteiger charge is -2.37. The van der Waals surface area contributed by atoms with E-state index < -0.39 is 24.0 Å². The smallest absolute Gasteiger partial charge is 0.407 e. The minimum Gasteiger partial charge on any atom is -0.480 e. The summed E-state index contributed by atoms with van der Waals surface area (Å²) in [5, 5.41) is 11.7. The van der Waals surface area contributed by atoms with Crippen molar-refractivity contribution >= 4 is 18.0 Å². The monoisotopic (exact) mass is 446 g/mol. The van der Waals surface area contributed by atoms with Gasteiger partial charge >= 0.3 is 12.1 Å². The minimum atomic E-state index is -1.03. The van der Waals surface area contributed by atoms with Crippen LogP contribution in [0.15, 0.2) is 65.1 Å². The Labute approximate surface area is 189 Å². The maximum atomic E-state index is 12.4. The Morgan fingerprint density at radius 1 is 1.00 bits per heavy atom. The van der Waals surface area contributed by atoms with E-state index in [0.717, 1.165) is 22.3 Å². The third-order valence-corrected chi connectivity index (χ3v) is 6.19. The molecule has 0 saturated carbocycles.